The number of hydrogen-bond donors (Lipinski definition) is 1. The lowest BCUT2D eigenvalue weighted by Gasteiger charge is -2.25. The Morgan fingerprint density at radius 2 is 1.65 bits per heavy atom. The Morgan fingerprint density at radius 3 is 2.35 bits per heavy atom. The van der Waals surface area contributed by atoms with Crippen LogP contribution in [0, 0.1) is 17.5 Å². The molecule has 0 bridgehead atoms. The molecule has 0 aliphatic rings. The molecule has 2 aromatic rings. The van der Waals surface area contributed by atoms with Crippen molar-refractivity contribution in [1.82, 2.24) is 0 Å². The molecule has 1 unspecified atom stereocenters. The first-order chi connectivity index (χ1) is 9.33. The molecule has 1 N–H and O–H groups in total. The van der Waals surface area contributed by atoms with Gasteiger partial charge in [0.2, 0.25) is 0 Å². The molecule has 0 saturated carbocycles. The van der Waals surface area contributed by atoms with Crippen LogP contribution < -0.4 is 0 Å². The third-order valence-corrected chi connectivity index (χ3v) is 3.99. The smallest absolute Gasteiger partial charge is 0.164 e. The monoisotopic (exact) mass is 344 g/mol. The summed E-state index contributed by atoms with van der Waals surface area (Å²) in [5.74, 6) is -2.59. The summed E-state index contributed by atoms with van der Waals surface area (Å²) in [6, 6.07) is 7.98. The lowest BCUT2D eigenvalue weighted by atomic mass is 9.88. The molecule has 0 heterocycles. The zero-order chi connectivity index (χ0) is 14.9. The van der Waals surface area contributed by atoms with Crippen molar-refractivity contribution >= 4 is 15.9 Å². The Hall–Kier alpha value is -1.33. The second kappa shape index (κ2) is 5.58. The molecule has 5 heteroatoms. The van der Waals surface area contributed by atoms with Gasteiger partial charge in [0.1, 0.15) is 5.82 Å². The van der Waals surface area contributed by atoms with E-state index in [4.69, 9.17) is 0 Å². The highest BCUT2D eigenvalue weighted by molar-refractivity contribution is 9.10. The van der Waals surface area contributed by atoms with Gasteiger partial charge in [-0.15, -0.1) is 0 Å². The van der Waals surface area contributed by atoms with Crippen molar-refractivity contribution in [1.29, 1.82) is 0 Å². The second-order valence-electron chi connectivity index (χ2n) is 4.76. The first-order valence-corrected chi connectivity index (χ1v) is 6.72. The van der Waals surface area contributed by atoms with Crippen molar-refractivity contribution in [3.8, 4) is 0 Å². The number of rotatable bonds is 3. The molecular formula is C15H12BrF3O. The van der Waals surface area contributed by atoms with Crippen LogP contribution in [0.2, 0.25) is 0 Å². The molecule has 1 atom stereocenters. The second-order valence-corrected chi connectivity index (χ2v) is 5.56. The van der Waals surface area contributed by atoms with E-state index in [0.29, 0.717) is 5.56 Å². The minimum atomic E-state index is -1.65. The maximum atomic E-state index is 13.8. The van der Waals surface area contributed by atoms with Gasteiger partial charge in [-0.25, -0.2) is 13.2 Å². The van der Waals surface area contributed by atoms with Crippen molar-refractivity contribution in [2.45, 2.75) is 18.9 Å². The van der Waals surface area contributed by atoms with Gasteiger partial charge < -0.3 is 5.11 Å². The van der Waals surface area contributed by atoms with Gasteiger partial charge in [0.15, 0.2) is 11.6 Å². The fraction of sp³-hybridized carbons (Fsp3) is 0.200. The van der Waals surface area contributed by atoms with E-state index in [9.17, 15) is 18.3 Å². The average Bonchev–Trinajstić information content (AvgIpc) is 2.38. The maximum absolute atomic E-state index is 13.8. The van der Waals surface area contributed by atoms with Crippen molar-refractivity contribution < 1.29 is 18.3 Å². The lowest BCUT2D eigenvalue weighted by molar-refractivity contribution is 0.0528. The Morgan fingerprint density at radius 1 is 1.05 bits per heavy atom. The Labute approximate surface area is 123 Å². The molecule has 1 nitrogen and oxygen atoms in total. The van der Waals surface area contributed by atoms with E-state index in [1.54, 1.807) is 6.07 Å². The SMILES string of the molecule is CC(O)(Cc1cccc(F)c1Br)c1cccc(F)c1F. The van der Waals surface area contributed by atoms with E-state index in [1.807, 2.05) is 0 Å². The van der Waals surface area contributed by atoms with Crippen LogP contribution in [0.25, 0.3) is 0 Å². The van der Waals surface area contributed by atoms with Crippen LogP contribution >= 0.6 is 15.9 Å². The molecule has 0 aromatic heterocycles. The van der Waals surface area contributed by atoms with Crippen LogP contribution in [0.3, 0.4) is 0 Å². The molecule has 0 spiro atoms. The molecule has 2 rings (SSSR count). The van der Waals surface area contributed by atoms with Gasteiger partial charge in [-0.1, -0.05) is 24.3 Å². The zero-order valence-electron chi connectivity index (χ0n) is 10.6. The molecule has 0 radical (unpaired) electrons. The molecule has 0 saturated heterocycles. The first-order valence-electron chi connectivity index (χ1n) is 5.92. The van der Waals surface area contributed by atoms with Gasteiger partial charge in [0.05, 0.1) is 10.1 Å². The highest BCUT2D eigenvalue weighted by Gasteiger charge is 2.29. The Kier molecular flexibility index (Phi) is 4.20. The molecule has 0 fully saturated rings. The van der Waals surface area contributed by atoms with Crippen molar-refractivity contribution in [3.63, 3.8) is 0 Å². The predicted octanol–water partition coefficient (Wildman–Crippen LogP) is 4.32. The van der Waals surface area contributed by atoms with E-state index < -0.39 is 23.1 Å². The van der Waals surface area contributed by atoms with Gasteiger partial charge >= 0.3 is 0 Å². The molecule has 106 valence electrons. The van der Waals surface area contributed by atoms with Gasteiger partial charge in [0.25, 0.3) is 0 Å². The minimum absolute atomic E-state index is 0.0499. The molecule has 20 heavy (non-hydrogen) atoms. The van der Waals surface area contributed by atoms with Crippen LogP contribution in [-0.4, -0.2) is 5.11 Å². The number of benzene rings is 2. The van der Waals surface area contributed by atoms with Crippen molar-refractivity contribution in [2.75, 3.05) is 0 Å². The van der Waals surface area contributed by atoms with E-state index in [1.165, 1.54) is 31.2 Å². The maximum Gasteiger partial charge on any atom is 0.164 e. The molecule has 0 aliphatic heterocycles. The van der Waals surface area contributed by atoms with E-state index in [0.717, 1.165) is 6.07 Å². The van der Waals surface area contributed by atoms with Gasteiger partial charge in [-0.3, -0.25) is 0 Å². The summed E-state index contributed by atoms with van der Waals surface area (Å²) in [6.07, 6.45) is -0.0499. The number of halogens is 4. The third kappa shape index (κ3) is 2.88. The number of aliphatic hydroxyl groups is 1. The van der Waals surface area contributed by atoms with E-state index in [-0.39, 0.29) is 16.5 Å². The van der Waals surface area contributed by atoms with Crippen LogP contribution in [0.5, 0.6) is 0 Å². The lowest BCUT2D eigenvalue weighted by Crippen LogP contribution is -2.26. The van der Waals surface area contributed by atoms with Crippen LogP contribution in [0.1, 0.15) is 18.1 Å². The molecule has 0 aliphatic carbocycles. The van der Waals surface area contributed by atoms with Gasteiger partial charge in [-0.2, -0.15) is 0 Å². The summed E-state index contributed by atoms with van der Waals surface area (Å²) in [4.78, 5) is 0. The third-order valence-electron chi connectivity index (χ3n) is 3.10. The summed E-state index contributed by atoms with van der Waals surface area (Å²) >= 11 is 3.08. The summed E-state index contributed by atoms with van der Waals surface area (Å²) in [6.45, 7) is 1.36. The van der Waals surface area contributed by atoms with E-state index >= 15 is 0 Å². The predicted molar refractivity (Wildman–Crippen MR) is 73.7 cm³/mol. The zero-order valence-corrected chi connectivity index (χ0v) is 12.2. The molecular weight excluding hydrogens is 333 g/mol. The Bertz CT molecular complexity index is 641. The topological polar surface area (TPSA) is 20.2 Å². The summed E-state index contributed by atoms with van der Waals surface area (Å²) in [5, 5.41) is 10.4. The van der Waals surface area contributed by atoms with Crippen LogP contribution in [0.4, 0.5) is 13.2 Å². The van der Waals surface area contributed by atoms with Crippen molar-refractivity contribution in [2.24, 2.45) is 0 Å². The quantitative estimate of drug-likeness (QED) is 0.879. The average molecular weight is 345 g/mol. The standard InChI is InChI=1S/C15H12BrF3O/c1-15(20,10-5-3-7-12(18)14(10)19)8-9-4-2-6-11(17)13(9)16/h2-7,20H,8H2,1H3. The molecule has 2 aromatic carbocycles. The summed E-state index contributed by atoms with van der Waals surface area (Å²) in [7, 11) is 0. The number of hydrogen-bond acceptors (Lipinski definition) is 1. The van der Waals surface area contributed by atoms with Crippen LogP contribution in [0.15, 0.2) is 40.9 Å². The summed E-state index contributed by atoms with van der Waals surface area (Å²) in [5.41, 5.74) is -1.34. The Balaban J connectivity index is 2.40. The fourth-order valence-corrected chi connectivity index (χ4v) is 2.48. The normalized spacial score (nSPS) is 14.1. The van der Waals surface area contributed by atoms with Gasteiger partial charge in [0, 0.05) is 12.0 Å². The largest absolute Gasteiger partial charge is 0.385 e. The van der Waals surface area contributed by atoms with Gasteiger partial charge in [-0.05, 0) is 40.5 Å². The van der Waals surface area contributed by atoms with Crippen molar-refractivity contribution in [3.05, 3.63) is 69.4 Å². The van der Waals surface area contributed by atoms with Crippen LogP contribution in [-0.2, 0) is 12.0 Å². The fourth-order valence-electron chi connectivity index (χ4n) is 2.07. The first kappa shape index (κ1) is 15.1. The highest BCUT2D eigenvalue weighted by atomic mass is 79.9. The van der Waals surface area contributed by atoms with E-state index in [2.05, 4.69) is 15.9 Å². The summed E-state index contributed by atoms with van der Waals surface area (Å²) < 4.78 is 40.6. The highest BCUT2D eigenvalue weighted by Crippen LogP contribution is 2.31. The minimum Gasteiger partial charge on any atom is -0.385 e. The molecule has 0 amide bonds.